The molecule has 30 heavy (non-hydrogen) atoms. The molecule has 1 fully saturated rings. The first-order chi connectivity index (χ1) is 14.6. The third kappa shape index (κ3) is 3.16. The van der Waals surface area contributed by atoms with Gasteiger partial charge in [0.2, 0.25) is 17.7 Å². The second-order valence-corrected chi connectivity index (χ2v) is 8.95. The zero-order valence-electron chi connectivity index (χ0n) is 16.4. The van der Waals surface area contributed by atoms with E-state index in [1.807, 2.05) is 66.7 Å². The highest BCUT2D eigenvalue weighted by atomic mass is 32.2. The van der Waals surface area contributed by atoms with Crippen LogP contribution in [-0.4, -0.2) is 34.9 Å². The number of rotatable bonds is 3. The fraction of sp³-hybridized carbons (Fsp3) is 0.292. The second-order valence-electron chi connectivity index (χ2n) is 7.89. The number of allylic oxidation sites excluding steroid dienone is 2. The Morgan fingerprint density at radius 3 is 2.23 bits per heavy atom. The molecule has 0 aromatic heterocycles. The van der Waals surface area contributed by atoms with Gasteiger partial charge in [-0.25, -0.2) is 0 Å². The summed E-state index contributed by atoms with van der Waals surface area (Å²) in [6.07, 6.45) is 5.08. The molecule has 0 spiro atoms. The van der Waals surface area contributed by atoms with Crippen LogP contribution >= 0.6 is 11.8 Å². The van der Waals surface area contributed by atoms with Crippen LogP contribution in [0.4, 0.5) is 5.69 Å². The van der Waals surface area contributed by atoms with Crippen molar-refractivity contribution in [3.63, 3.8) is 0 Å². The number of carbonyl (C=O) groups is 3. The van der Waals surface area contributed by atoms with Crippen molar-refractivity contribution in [2.75, 3.05) is 17.2 Å². The van der Waals surface area contributed by atoms with Crippen LogP contribution in [0.5, 0.6) is 0 Å². The van der Waals surface area contributed by atoms with E-state index in [1.165, 1.54) is 4.90 Å². The molecule has 2 aromatic rings. The number of likely N-dealkylation sites (tertiary alicyclic amines) is 1. The summed E-state index contributed by atoms with van der Waals surface area (Å²) in [6.45, 7) is -0.201. The predicted octanol–water partition coefficient (Wildman–Crippen LogP) is 3.82. The van der Waals surface area contributed by atoms with Gasteiger partial charge in [0.1, 0.15) is 6.54 Å². The molecule has 1 saturated heterocycles. The minimum atomic E-state index is -0.315. The number of hydrogen-bond acceptors (Lipinski definition) is 4. The molecule has 1 aliphatic carbocycles. The van der Waals surface area contributed by atoms with Crippen molar-refractivity contribution in [2.24, 2.45) is 11.8 Å². The zero-order valence-corrected chi connectivity index (χ0v) is 17.3. The maximum absolute atomic E-state index is 13.6. The first-order valence-corrected chi connectivity index (χ1v) is 11.2. The third-order valence-electron chi connectivity index (χ3n) is 6.18. The van der Waals surface area contributed by atoms with E-state index in [2.05, 4.69) is 0 Å². The van der Waals surface area contributed by atoms with Crippen LogP contribution in [0.15, 0.2) is 71.6 Å². The van der Waals surface area contributed by atoms with Gasteiger partial charge in [-0.1, -0.05) is 54.6 Å². The quantitative estimate of drug-likeness (QED) is 0.562. The normalized spacial score (nSPS) is 25.3. The van der Waals surface area contributed by atoms with Gasteiger partial charge in [0.05, 0.1) is 23.6 Å². The van der Waals surface area contributed by atoms with E-state index >= 15 is 0 Å². The highest BCUT2D eigenvalue weighted by Gasteiger charge is 2.48. The molecule has 0 N–H and O–H groups in total. The number of hydrogen-bond donors (Lipinski definition) is 0. The maximum Gasteiger partial charge on any atom is 0.247 e. The summed E-state index contributed by atoms with van der Waals surface area (Å²) in [4.78, 5) is 43.3. The molecule has 5 rings (SSSR count). The van der Waals surface area contributed by atoms with Crippen LogP contribution in [0.3, 0.4) is 0 Å². The summed E-state index contributed by atoms with van der Waals surface area (Å²) in [6, 6.07) is 17.6. The average molecular weight is 419 g/mol. The summed E-state index contributed by atoms with van der Waals surface area (Å²) in [7, 11) is 0. The predicted molar refractivity (Wildman–Crippen MR) is 116 cm³/mol. The number of amides is 3. The number of thioether (sulfide) groups is 1. The van der Waals surface area contributed by atoms with Crippen LogP contribution in [0.25, 0.3) is 0 Å². The Kier molecular flexibility index (Phi) is 4.95. The van der Waals surface area contributed by atoms with Crippen LogP contribution < -0.4 is 4.90 Å². The largest absolute Gasteiger partial charge is 0.301 e. The smallest absolute Gasteiger partial charge is 0.247 e. The SMILES string of the molecule is O=C1C2CC=CCC2C(=O)N1CC(=O)N1c2ccccc2SCC1c1ccccc1. The number of nitrogens with zero attached hydrogens (tertiary/aromatic N) is 2. The summed E-state index contributed by atoms with van der Waals surface area (Å²) in [5, 5.41) is 0. The monoisotopic (exact) mass is 418 g/mol. The molecule has 3 unspecified atom stereocenters. The molecule has 6 heteroatoms. The van der Waals surface area contributed by atoms with E-state index in [-0.39, 0.29) is 42.1 Å². The topological polar surface area (TPSA) is 57.7 Å². The van der Waals surface area contributed by atoms with Crippen molar-refractivity contribution in [3.8, 4) is 0 Å². The van der Waals surface area contributed by atoms with Gasteiger partial charge < -0.3 is 4.90 Å². The van der Waals surface area contributed by atoms with Gasteiger partial charge in [-0.3, -0.25) is 19.3 Å². The Morgan fingerprint density at radius 1 is 0.900 bits per heavy atom. The van der Waals surface area contributed by atoms with E-state index < -0.39 is 0 Å². The summed E-state index contributed by atoms with van der Waals surface area (Å²) < 4.78 is 0. The molecule has 3 atom stereocenters. The minimum Gasteiger partial charge on any atom is -0.301 e. The first kappa shape index (κ1) is 19.1. The van der Waals surface area contributed by atoms with Crippen molar-refractivity contribution in [2.45, 2.75) is 23.8 Å². The molecule has 0 saturated carbocycles. The highest BCUT2D eigenvalue weighted by molar-refractivity contribution is 7.99. The van der Waals surface area contributed by atoms with E-state index in [0.717, 1.165) is 21.9 Å². The molecule has 152 valence electrons. The number of imide groups is 1. The van der Waals surface area contributed by atoms with Gasteiger partial charge in [-0.2, -0.15) is 0 Å². The summed E-state index contributed by atoms with van der Waals surface area (Å²) >= 11 is 1.72. The fourth-order valence-corrected chi connectivity index (χ4v) is 5.82. The van der Waals surface area contributed by atoms with Crippen molar-refractivity contribution in [1.82, 2.24) is 4.90 Å². The molecule has 3 amide bonds. The van der Waals surface area contributed by atoms with Crippen LogP contribution in [0.2, 0.25) is 0 Å². The number of anilines is 1. The molecule has 2 heterocycles. The second kappa shape index (κ2) is 7.76. The number of carbonyl (C=O) groups excluding carboxylic acids is 3. The third-order valence-corrected chi connectivity index (χ3v) is 7.32. The van der Waals surface area contributed by atoms with Gasteiger partial charge in [0.25, 0.3) is 0 Å². The van der Waals surface area contributed by atoms with Gasteiger partial charge >= 0.3 is 0 Å². The molecule has 0 radical (unpaired) electrons. The Bertz CT molecular complexity index is 1010. The lowest BCUT2D eigenvalue weighted by Crippen LogP contribution is -2.46. The molecule has 2 aromatic carbocycles. The van der Waals surface area contributed by atoms with Gasteiger partial charge in [-0.05, 0) is 30.5 Å². The lowest BCUT2D eigenvalue weighted by Gasteiger charge is -2.37. The molecular weight excluding hydrogens is 396 g/mol. The van der Waals surface area contributed by atoms with Gasteiger partial charge in [0.15, 0.2) is 0 Å². The van der Waals surface area contributed by atoms with E-state index in [0.29, 0.717) is 12.8 Å². The molecule has 0 bridgehead atoms. The number of benzene rings is 2. The van der Waals surface area contributed by atoms with Crippen molar-refractivity contribution >= 4 is 35.2 Å². The standard InChI is InChI=1S/C24H22N2O3S/c27-22(14-25-23(28)17-10-4-5-11-18(17)24(25)29)26-19-12-6-7-13-21(19)30-15-20(26)16-8-2-1-3-9-16/h1-9,12-13,17-18,20H,10-11,14-15H2. The van der Waals surface area contributed by atoms with Crippen molar-refractivity contribution < 1.29 is 14.4 Å². The van der Waals surface area contributed by atoms with Gasteiger partial charge in [0, 0.05) is 10.6 Å². The van der Waals surface area contributed by atoms with Crippen LogP contribution in [0, 0.1) is 11.8 Å². The molecular formula is C24H22N2O3S. The highest BCUT2D eigenvalue weighted by Crippen LogP contribution is 2.43. The Morgan fingerprint density at radius 2 is 1.53 bits per heavy atom. The lowest BCUT2D eigenvalue weighted by molar-refractivity contribution is -0.143. The minimum absolute atomic E-state index is 0.143. The Hall–Kier alpha value is -2.86. The number of fused-ring (bicyclic) bond motifs is 2. The molecule has 3 aliphatic rings. The average Bonchev–Trinajstić information content (AvgIpc) is 3.04. The Labute approximate surface area is 179 Å². The van der Waals surface area contributed by atoms with Crippen molar-refractivity contribution in [1.29, 1.82) is 0 Å². The van der Waals surface area contributed by atoms with Crippen LogP contribution in [0.1, 0.15) is 24.4 Å². The van der Waals surface area contributed by atoms with Crippen LogP contribution in [-0.2, 0) is 14.4 Å². The molecule has 5 nitrogen and oxygen atoms in total. The summed E-state index contributed by atoms with van der Waals surface area (Å²) in [5.74, 6) is -0.542. The van der Waals surface area contributed by atoms with E-state index in [1.54, 1.807) is 16.7 Å². The first-order valence-electron chi connectivity index (χ1n) is 10.2. The fourth-order valence-electron chi connectivity index (χ4n) is 4.65. The zero-order chi connectivity index (χ0) is 20.7. The summed E-state index contributed by atoms with van der Waals surface area (Å²) in [5.41, 5.74) is 1.88. The van der Waals surface area contributed by atoms with E-state index in [9.17, 15) is 14.4 Å². The maximum atomic E-state index is 13.6. The van der Waals surface area contributed by atoms with E-state index in [4.69, 9.17) is 0 Å². The lowest BCUT2D eigenvalue weighted by atomic mass is 9.85. The Balaban J connectivity index is 1.46. The molecule has 2 aliphatic heterocycles. The number of para-hydroxylation sites is 1. The van der Waals surface area contributed by atoms with Gasteiger partial charge in [-0.15, -0.1) is 11.8 Å². The van der Waals surface area contributed by atoms with Crippen molar-refractivity contribution in [3.05, 3.63) is 72.3 Å².